The lowest BCUT2D eigenvalue weighted by molar-refractivity contribution is 0.0712. The maximum absolute atomic E-state index is 5.86. The molecule has 196 valence electrons. The molecule has 6 nitrogen and oxygen atoms in total. The highest BCUT2D eigenvalue weighted by molar-refractivity contribution is 7.57. The van der Waals surface area contributed by atoms with Gasteiger partial charge in [-0.3, -0.25) is 0 Å². The van der Waals surface area contributed by atoms with Crippen molar-refractivity contribution in [2.45, 2.75) is 66.5 Å². The molecule has 0 aromatic carbocycles. The normalized spacial score (nSPS) is 13.2. The van der Waals surface area contributed by atoms with Crippen LogP contribution in [-0.2, 0) is 26.6 Å². The first-order valence-corrected chi connectivity index (χ1v) is 20.2. The third-order valence-corrected chi connectivity index (χ3v) is 16.3. The minimum atomic E-state index is -2.38. The van der Waals surface area contributed by atoms with Crippen molar-refractivity contribution in [1.29, 1.82) is 0 Å². The minimum Gasteiger partial charge on any atom is -0.377 e. The van der Waals surface area contributed by atoms with Crippen molar-refractivity contribution in [1.82, 2.24) is 0 Å². The van der Waals surface area contributed by atoms with Crippen molar-refractivity contribution in [2.75, 3.05) is 78.6 Å². The number of hydrogen-bond acceptors (Lipinski definition) is 6. The molecule has 0 fully saturated rings. The van der Waals surface area contributed by atoms with Crippen molar-refractivity contribution in [3.63, 3.8) is 0 Å². The van der Waals surface area contributed by atoms with Crippen molar-refractivity contribution in [3.8, 4) is 0 Å². The molecular weight excluding hydrogens is 478 g/mol. The van der Waals surface area contributed by atoms with Gasteiger partial charge in [0.2, 0.25) is 0 Å². The Labute approximate surface area is 205 Å². The summed E-state index contributed by atoms with van der Waals surface area (Å²) >= 11 is 0. The predicted octanol–water partition coefficient (Wildman–Crippen LogP) is 6.33. The summed E-state index contributed by atoms with van der Waals surface area (Å²) in [5, 5.41) is 0. The molecule has 0 saturated heterocycles. The molecule has 10 heteroatoms. The lowest BCUT2D eigenvalue weighted by Gasteiger charge is -2.29. The quantitative estimate of drug-likeness (QED) is 0.135. The molecule has 0 aromatic rings. The maximum Gasteiger partial charge on any atom is 0.500 e. The minimum absolute atomic E-state index is 0.209. The number of hydrogen-bond donors (Lipinski definition) is 0. The van der Waals surface area contributed by atoms with Crippen molar-refractivity contribution < 1.29 is 26.6 Å². The van der Waals surface area contributed by atoms with Gasteiger partial charge in [-0.1, -0.05) is 20.8 Å². The van der Waals surface area contributed by atoms with E-state index in [1.165, 1.54) is 37.2 Å². The third-order valence-electron chi connectivity index (χ3n) is 5.44. The Morgan fingerprint density at radius 1 is 0.562 bits per heavy atom. The molecule has 0 spiro atoms. The molecule has 0 N–H and O–H groups in total. The average molecular weight is 533 g/mol. The van der Waals surface area contributed by atoms with Gasteiger partial charge in [0.15, 0.2) is 0 Å². The largest absolute Gasteiger partial charge is 0.500 e. The van der Waals surface area contributed by atoms with Gasteiger partial charge in [0, 0.05) is 53.2 Å². The Bertz CT molecular complexity index is 377. The van der Waals surface area contributed by atoms with Gasteiger partial charge in [0.25, 0.3) is 0 Å². The maximum atomic E-state index is 5.86. The molecule has 0 radical (unpaired) electrons. The fourth-order valence-electron chi connectivity index (χ4n) is 3.34. The summed E-state index contributed by atoms with van der Waals surface area (Å²) in [4.78, 5) is 0. The molecule has 32 heavy (non-hydrogen) atoms. The summed E-state index contributed by atoms with van der Waals surface area (Å²) in [6, 6.07) is 1.91. The molecule has 1 atom stereocenters. The Morgan fingerprint density at radius 2 is 0.969 bits per heavy atom. The van der Waals surface area contributed by atoms with Gasteiger partial charge in [0.1, 0.15) is 0 Å². The molecule has 0 amide bonds. The van der Waals surface area contributed by atoms with E-state index < -0.39 is 17.6 Å². The van der Waals surface area contributed by atoms with Crippen LogP contribution >= 0.6 is 15.8 Å². The predicted molar refractivity (Wildman–Crippen MR) is 147 cm³/mol. The van der Waals surface area contributed by atoms with E-state index in [9.17, 15) is 0 Å². The van der Waals surface area contributed by atoms with Crippen LogP contribution in [0.1, 0.15) is 54.4 Å². The van der Waals surface area contributed by atoms with E-state index in [0.29, 0.717) is 19.8 Å². The second-order valence-electron chi connectivity index (χ2n) is 7.41. The summed E-state index contributed by atoms with van der Waals surface area (Å²) in [5.41, 5.74) is 0. The van der Waals surface area contributed by atoms with Gasteiger partial charge in [0.05, 0.1) is 0 Å². The summed E-state index contributed by atoms with van der Waals surface area (Å²) in [5.74, 6) is 0. The fraction of sp³-hybridized carbons (Fsp3) is 1.00. The van der Waals surface area contributed by atoms with Crippen LogP contribution in [0.2, 0.25) is 12.1 Å². The van der Waals surface area contributed by atoms with Crippen LogP contribution in [0, 0.1) is 0 Å². The lowest BCUT2D eigenvalue weighted by Crippen LogP contribution is -2.46. The second-order valence-corrected chi connectivity index (χ2v) is 19.1. The van der Waals surface area contributed by atoms with Crippen molar-refractivity contribution >= 4 is 33.5 Å². The monoisotopic (exact) mass is 532 g/mol. The van der Waals surface area contributed by atoms with Crippen molar-refractivity contribution in [2.24, 2.45) is 0 Å². The Kier molecular flexibility index (Phi) is 24.8. The fourth-order valence-corrected chi connectivity index (χ4v) is 11.0. The lowest BCUT2D eigenvalue weighted by atomic mass is 10.6. The summed E-state index contributed by atoms with van der Waals surface area (Å²) in [6.45, 7) is 17.3. The molecule has 0 saturated carbocycles. The van der Waals surface area contributed by atoms with E-state index in [0.717, 1.165) is 18.5 Å². The van der Waals surface area contributed by atoms with Gasteiger partial charge in [-0.2, -0.15) is 0 Å². The van der Waals surface area contributed by atoms with Crippen LogP contribution < -0.4 is 0 Å². The SMILES string of the molecule is CCO[Si](CCCP(CC)CC)(OCC)OCC.CCP(C)CCC[Si](OC)(OC)OC. The highest BCUT2D eigenvalue weighted by Crippen LogP contribution is 2.36. The second kappa shape index (κ2) is 22.5. The van der Waals surface area contributed by atoms with Crippen LogP contribution in [0.25, 0.3) is 0 Å². The first kappa shape index (κ1) is 35.2. The number of rotatable bonds is 20. The molecule has 0 rings (SSSR count). The zero-order chi connectivity index (χ0) is 24.9. The smallest absolute Gasteiger partial charge is 0.377 e. The van der Waals surface area contributed by atoms with Gasteiger partial charge in [-0.05, 0) is 71.1 Å². The molecule has 0 aliphatic heterocycles. The average Bonchev–Trinajstić information content (AvgIpc) is 2.81. The molecule has 0 aromatic heterocycles. The zero-order valence-corrected chi connectivity index (χ0v) is 26.6. The Morgan fingerprint density at radius 3 is 1.31 bits per heavy atom. The van der Waals surface area contributed by atoms with E-state index in [1.807, 2.05) is 20.8 Å². The van der Waals surface area contributed by atoms with E-state index in [4.69, 9.17) is 26.6 Å². The van der Waals surface area contributed by atoms with Crippen LogP contribution in [-0.4, -0.2) is 96.2 Å². The van der Waals surface area contributed by atoms with Crippen LogP contribution in [0.4, 0.5) is 0 Å². The summed E-state index contributed by atoms with van der Waals surface area (Å²) < 4.78 is 33.6. The van der Waals surface area contributed by atoms with E-state index >= 15 is 0 Å². The van der Waals surface area contributed by atoms with Gasteiger partial charge in [-0.25, -0.2) is 0 Å². The van der Waals surface area contributed by atoms with E-state index in [1.54, 1.807) is 21.3 Å². The molecule has 1 unspecified atom stereocenters. The first-order chi connectivity index (χ1) is 15.3. The molecule has 0 aliphatic rings. The van der Waals surface area contributed by atoms with Crippen LogP contribution in [0.3, 0.4) is 0 Å². The van der Waals surface area contributed by atoms with Crippen LogP contribution in [0.5, 0.6) is 0 Å². The van der Waals surface area contributed by atoms with E-state index in [-0.39, 0.29) is 15.8 Å². The van der Waals surface area contributed by atoms with Crippen LogP contribution in [0.15, 0.2) is 0 Å². The Hall–Kier alpha value is 1.05. The van der Waals surface area contributed by atoms with Gasteiger partial charge in [-0.15, -0.1) is 15.8 Å². The third kappa shape index (κ3) is 15.9. The molecular formula is C22H54O6P2Si2. The summed E-state index contributed by atoms with van der Waals surface area (Å²) in [6.07, 6.45) is 8.91. The molecule has 0 aliphatic carbocycles. The van der Waals surface area contributed by atoms with Gasteiger partial charge >= 0.3 is 17.6 Å². The van der Waals surface area contributed by atoms with E-state index in [2.05, 4.69) is 27.4 Å². The van der Waals surface area contributed by atoms with Gasteiger partial charge < -0.3 is 26.6 Å². The molecule has 0 heterocycles. The molecule has 0 bridgehead atoms. The standard InChI is InChI=1S/C13H31O3PSi.C9H23O3PSi/c1-6-14-18(15-7-2,16-8-3)13-11-12-17(9-4)10-5;1-6-13(5)8-7-9-14(10-2,11-3)12-4/h6-13H2,1-5H3;6-9H2,1-5H3. The Balaban J connectivity index is 0. The highest BCUT2D eigenvalue weighted by atomic mass is 31.1. The van der Waals surface area contributed by atoms with Crippen molar-refractivity contribution in [3.05, 3.63) is 0 Å². The summed E-state index contributed by atoms with van der Waals surface area (Å²) in [7, 11) is 0.787. The highest BCUT2D eigenvalue weighted by Gasteiger charge is 2.39. The first-order valence-electron chi connectivity index (χ1n) is 12.3. The zero-order valence-electron chi connectivity index (χ0n) is 22.8. The topological polar surface area (TPSA) is 55.4 Å².